The van der Waals surface area contributed by atoms with Gasteiger partial charge in [-0.3, -0.25) is 4.79 Å². The van der Waals surface area contributed by atoms with Crippen molar-refractivity contribution in [3.8, 4) is 17.3 Å². The number of hydrogen-bond donors (Lipinski definition) is 1. The molecule has 0 aliphatic heterocycles. The second-order valence-corrected chi connectivity index (χ2v) is 5.25. The molecule has 0 saturated carbocycles. The Bertz CT molecular complexity index is 793. The summed E-state index contributed by atoms with van der Waals surface area (Å²) in [4.78, 5) is 12.0. The summed E-state index contributed by atoms with van der Waals surface area (Å²) in [6.07, 6.45) is 2.42. The van der Waals surface area contributed by atoms with Crippen molar-refractivity contribution in [2.24, 2.45) is 0 Å². The van der Waals surface area contributed by atoms with Crippen molar-refractivity contribution >= 4 is 5.91 Å². The van der Waals surface area contributed by atoms with Crippen molar-refractivity contribution in [2.45, 2.75) is 12.8 Å². The van der Waals surface area contributed by atoms with Crippen LogP contribution in [0.15, 0.2) is 57.7 Å². The molecule has 0 aliphatic rings. The van der Waals surface area contributed by atoms with Gasteiger partial charge >= 0.3 is 0 Å². The quantitative estimate of drug-likeness (QED) is 0.722. The number of nitrogens with zero attached hydrogens (tertiary/aromatic N) is 1. The monoisotopic (exact) mass is 326 g/mol. The zero-order valence-electron chi connectivity index (χ0n) is 13.3. The third kappa shape index (κ3) is 3.84. The van der Waals surface area contributed by atoms with E-state index >= 15 is 0 Å². The van der Waals surface area contributed by atoms with Crippen LogP contribution < -0.4 is 10.1 Å². The molecule has 0 aliphatic carbocycles. The fraction of sp³-hybridized carbons (Fsp3) is 0.222. The van der Waals surface area contributed by atoms with Crippen molar-refractivity contribution in [1.82, 2.24) is 10.5 Å². The van der Waals surface area contributed by atoms with Crippen LogP contribution in [0, 0.1) is 0 Å². The zero-order chi connectivity index (χ0) is 16.8. The fourth-order valence-electron chi connectivity index (χ4n) is 2.40. The number of amides is 1. The third-order valence-corrected chi connectivity index (χ3v) is 3.57. The molecule has 0 saturated heterocycles. The Hall–Kier alpha value is -3.02. The molecule has 1 aromatic carbocycles. The summed E-state index contributed by atoms with van der Waals surface area (Å²) in [6, 6.07) is 13.0. The summed E-state index contributed by atoms with van der Waals surface area (Å²) in [7, 11) is 1.64. The predicted molar refractivity (Wildman–Crippen MR) is 87.6 cm³/mol. The number of aromatic nitrogens is 1. The van der Waals surface area contributed by atoms with Gasteiger partial charge in [0.1, 0.15) is 5.75 Å². The van der Waals surface area contributed by atoms with E-state index in [0.717, 1.165) is 11.3 Å². The molecule has 0 fully saturated rings. The van der Waals surface area contributed by atoms with Crippen LogP contribution in [0.25, 0.3) is 11.5 Å². The Kier molecular flexibility index (Phi) is 4.96. The first-order valence-electron chi connectivity index (χ1n) is 7.64. The van der Waals surface area contributed by atoms with Gasteiger partial charge < -0.3 is 19.0 Å². The van der Waals surface area contributed by atoms with Crippen LogP contribution >= 0.6 is 0 Å². The topological polar surface area (TPSA) is 77.5 Å². The Balaban J connectivity index is 1.49. The molecule has 24 heavy (non-hydrogen) atoms. The van der Waals surface area contributed by atoms with Crippen LogP contribution in [0.4, 0.5) is 0 Å². The number of methoxy groups -OCH3 is 1. The van der Waals surface area contributed by atoms with Gasteiger partial charge in [0, 0.05) is 12.6 Å². The van der Waals surface area contributed by atoms with Gasteiger partial charge in [-0.25, -0.2) is 0 Å². The lowest BCUT2D eigenvalue weighted by Crippen LogP contribution is -2.27. The molecular weight excluding hydrogens is 308 g/mol. The Labute approximate surface area is 139 Å². The number of ether oxygens (including phenoxy) is 1. The summed E-state index contributed by atoms with van der Waals surface area (Å²) in [5.74, 6) is 1.82. The van der Waals surface area contributed by atoms with Gasteiger partial charge in [0.05, 0.1) is 25.5 Å². The number of benzene rings is 1. The van der Waals surface area contributed by atoms with Crippen molar-refractivity contribution in [2.75, 3.05) is 13.7 Å². The minimum absolute atomic E-state index is 0.107. The first kappa shape index (κ1) is 15.9. The smallest absolute Gasteiger partial charge is 0.226 e. The molecule has 2 aromatic heterocycles. The molecule has 0 spiro atoms. The van der Waals surface area contributed by atoms with Crippen LogP contribution in [0.5, 0.6) is 5.75 Å². The first-order valence-corrected chi connectivity index (χ1v) is 7.64. The fourth-order valence-corrected chi connectivity index (χ4v) is 2.40. The Morgan fingerprint density at radius 2 is 2.08 bits per heavy atom. The zero-order valence-corrected chi connectivity index (χ0v) is 13.3. The number of hydrogen-bond acceptors (Lipinski definition) is 5. The minimum Gasteiger partial charge on any atom is -0.496 e. The lowest BCUT2D eigenvalue weighted by Gasteiger charge is -2.08. The van der Waals surface area contributed by atoms with E-state index in [-0.39, 0.29) is 12.3 Å². The van der Waals surface area contributed by atoms with Gasteiger partial charge in [-0.05, 0) is 30.2 Å². The van der Waals surface area contributed by atoms with Crippen LogP contribution in [-0.2, 0) is 17.6 Å². The van der Waals surface area contributed by atoms with E-state index in [2.05, 4.69) is 10.5 Å². The predicted octanol–water partition coefficient (Wildman–Crippen LogP) is 2.84. The highest BCUT2D eigenvalue weighted by molar-refractivity contribution is 5.78. The van der Waals surface area contributed by atoms with Crippen LogP contribution in [-0.4, -0.2) is 24.7 Å². The van der Waals surface area contributed by atoms with Crippen LogP contribution in [0.1, 0.15) is 11.3 Å². The standard InChI is InChI=1S/C18H18N2O4/c1-22-15-6-3-2-5-13(15)8-9-19-18(21)12-14-11-17(24-20-14)16-7-4-10-23-16/h2-7,10-11H,8-9,12H2,1H3,(H,19,21). The van der Waals surface area contributed by atoms with Crippen molar-refractivity contribution < 1.29 is 18.5 Å². The van der Waals surface area contributed by atoms with E-state index in [0.29, 0.717) is 30.2 Å². The minimum atomic E-state index is -0.107. The molecule has 1 amide bonds. The lowest BCUT2D eigenvalue weighted by molar-refractivity contribution is -0.120. The van der Waals surface area contributed by atoms with E-state index < -0.39 is 0 Å². The summed E-state index contributed by atoms with van der Waals surface area (Å²) >= 11 is 0. The highest BCUT2D eigenvalue weighted by Crippen LogP contribution is 2.20. The summed E-state index contributed by atoms with van der Waals surface area (Å²) < 4.78 is 15.7. The largest absolute Gasteiger partial charge is 0.496 e. The van der Waals surface area contributed by atoms with E-state index in [1.54, 1.807) is 31.6 Å². The number of carbonyl (C=O) groups is 1. The van der Waals surface area contributed by atoms with Gasteiger partial charge in [0.2, 0.25) is 11.7 Å². The summed E-state index contributed by atoms with van der Waals surface area (Å²) in [6.45, 7) is 0.530. The SMILES string of the molecule is COc1ccccc1CCNC(=O)Cc1cc(-c2ccco2)on1. The molecule has 6 heteroatoms. The number of para-hydroxylation sites is 1. The maximum atomic E-state index is 12.0. The molecular formula is C18H18N2O4. The maximum absolute atomic E-state index is 12.0. The number of carbonyl (C=O) groups excluding carboxylic acids is 1. The van der Waals surface area contributed by atoms with Gasteiger partial charge in [0.25, 0.3) is 0 Å². The molecule has 124 valence electrons. The molecule has 3 rings (SSSR count). The molecule has 6 nitrogen and oxygen atoms in total. The van der Waals surface area contributed by atoms with Crippen molar-refractivity contribution in [1.29, 1.82) is 0 Å². The van der Waals surface area contributed by atoms with Gasteiger partial charge in [-0.15, -0.1) is 0 Å². The number of rotatable bonds is 7. The van der Waals surface area contributed by atoms with Crippen LogP contribution in [0.2, 0.25) is 0 Å². The van der Waals surface area contributed by atoms with E-state index in [1.807, 2.05) is 24.3 Å². The van der Waals surface area contributed by atoms with Gasteiger partial charge in [-0.2, -0.15) is 0 Å². The molecule has 0 atom stereocenters. The van der Waals surface area contributed by atoms with E-state index in [1.165, 1.54) is 0 Å². The van der Waals surface area contributed by atoms with E-state index in [9.17, 15) is 4.79 Å². The molecule has 0 bridgehead atoms. The van der Waals surface area contributed by atoms with Gasteiger partial charge in [0.15, 0.2) is 5.76 Å². The second kappa shape index (κ2) is 7.50. The second-order valence-electron chi connectivity index (χ2n) is 5.25. The van der Waals surface area contributed by atoms with Crippen molar-refractivity contribution in [3.05, 3.63) is 60.0 Å². The lowest BCUT2D eigenvalue weighted by atomic mass is 10.1. The molecule has 0 radical (unpaired) electrons. The van der Waals surface area contributed by atoms with E-state index in [4.69, 9.17) is 13.7 Å². The molecule has 2 heterocycles. The first-order chi connectivity index (χ1) is 11.8. The van der Waals surface area contributed by atoms with Crippen molar-refractivity contribution in [3.63, 3.8) is 0 Å². The highest BCUT2D eigenvalue weighted by atomic mass is 16.5. The summed E-state index contributed by atoms with van der Waals surface area (Å²) in [5.41, 5.74) is 1.62. The molecule has 0 unspecified atom stereocenters. The van der Waals surface area contributed by atoms with Crippen LogP contribution in [0.3, 0.4) is 0 Å². The normalized spacial score (nSPS) is 10.5. The Morgan fingerprint density at radius 1 is 1.21 bits per heavy atom. The Morgan fingerprint density at radius 3 is 2.88 bits per heavy atom. The average molecular weight is 326 g/mol. The number of nitrogens with one attached hydrogen (secondary N) is 1. The molecule has 1 N–H and O–H groups in total. The maximum Gasteiger partial charge on any atom is 0.226 e. The highest BCUT2D eigenvalue weighted by Gasteiger charge is 2.12. The molecule has 3 aromatic rings. The third-order valence-electron chi connectivity index (χ3n) is 3.57. The summed E-state index contributed by atoms with van der Waals surface area (Å²) in [5, 5.41) is 6.77. The van der Waals surface area contributed by atoms with Gasteiger partial charge in [-0.1, -0.05) is 23.4 Å². The number of furan rings is 1. The average Bonchev–Trinajstić information content (AvgIpc) is 3.26.